The van der Waals surface area contributed by atoms with Crippen LogP contribution in [0.4, 0.5) is 0 Å². The minimum Gasteiger partial charge on any atom is -0.497 e. The number of aliphatic hydroxyl groups excluding tert-OH is 1. The first-order valence-corrected chi connectivity index (χ1v) is 6.65. The van der Waals surface area contributed by atoms with Crippen molar-refractivity contribution in [2.45, 2.75) is 11.8 Å². The Kier molecular flexibility index (Phi) is 3.26. The maximum absolute atomic E-state index is 9.55. The van der Waals surface area contributed by atoms with E-state index < -0.39 is 0 Å². The SMILES string of the molecule is COc1ccc([C@@H]2[C@@H](CO)[C@H]2c2ccccc2)cc1. The highest BCUT2D eigenvalue weighted by Crippen LogP contribution is 2.60. The molecule has 0 amide bonds. The van der Waals surface area contributed by atoms with Crippen LogP contribution in [0.1, 0.15) is 23.0 Å². The quantitative estimate of drug-likeness (QED) is 0.908. The van der Waals surface area contributed by atoms with Gasteiger partial charge in [0.15, 0.2) is 0 Å². The summed E-state index contributed by atoms with van der Waals surface area (Å²) in [6, 6.07) is 18.6. The Hall–Kier alpha value is -1.80. The highest BCUT2D eigenvalue weighted by molar-refractivity contribution is 5.41. The average molecular weight is 254 g/mol. The third kappa shape index (κ3) is 2.24. The van der Waals surface area contributed by atoms with E-state index in [9.17, 15) is 5.11 Å². The van der Waals surface area contributed by atoms with E-state index in [1.54, 1.807) is 7.11 Å². The van der Waals surface area contributed by atoms with Gasteiger partial charge in [0.05, 0.1) is 7.11 Å². The number of aliphatic hydroxyl groups is 1. The predicted octanol–water partition coefficient (Wildman–Crippen LogP) is 3.18. The fourth-order valence-corrected chi connectivity index (χ4v) is 3.01. The zero-order chi connectivity index (χ0) is 13.2. The molecule has 2 nitrogen and oxygen atoms in total. The molecule has 1 aliphatic carbocycles. The molecule has 2 aromatic carbocycles. The molecule has 2 heteroatoms. The van der Waals surface area contributed by atoms with Gasteiger partial charge in [-0.2, -0.15) is 0 Å². The van der Waals surface area contributed by atoms with Crippen LogP contribution >= 0.6 is 0 Å². The molecular formula is C17H18O2. The van der Waals surface area contributed by atoms with E-state index in [-0.39, 0.29) is 6.61 Å². The third-order valence-corrected chi connectivity index (χ3v) is 4.06. The molecule has 3 rings (SSSR count). The smallest absolute Gasteiger partial charge is 0.118 e. The van der Waals surface area contributed by atoms with Crippen LogP contribution < -0.4 is 4.74 Å². The van der Waals surface area contributed by atoms with Gasteiger partial charge >= 0.3 is 0 Å². The fourth-order valence-electron chi connectivity index (χ4n) is 3.01. The van der Waals surface area contributed by atoms with E-state index in [0.717, 1.165) is 5.75 Å². The monoisotopic (exact) mass is 254 g/mol. The first-order valence-electron chi connectivity index (χ1n) is 6.65. The van der Waals surface area contributed by atoms with Crippen LogP contribution in [0.25, 0.3) is 0 Å². The van der Waals surface area contributed by atoms with Gasteiger partial charge in [0.2, 0.25) is 0 Å². The van der Waals surface area contributed by atoms with Crippen molar-refractivity contribution in [2.75, 3.05) is 13.7 Å². The molecule has 0 bridgehead atoms. The zero-order valence-electron chi connectivity index (χ0n) is 11.0. The summed E-state index contributed by atoms with van der Waals surface area (Å²) in [6.45, 7) is 0.246. The first-order chi connectivity index (χ1) is 9.35. The van der Waals surface area contributed by atoms with Crippen LogP contribution in [0.15, 0.2) is 54.6 Å². The van der Waals surface area contributed by atoms with E-state index in [1.165, 1.54) is 11.1 Å². The van der Waals surface area contributed by atoms with Crippen molar-refractivity contribution in [3.8, 4) is 5.75 Å². The Balaban J connectivity index is 1.84. The largest absolute Gasteiger partial charge is 0.497 e. The first kappa shape index (κ1) is 12.2. The summed E-state index contributed by atoms with van der Waals surface area (Å²) in [5, 5.41) is 9.55. The second-order valence-electron chi connectivity index (χ2n) is 5.08. The topological polar surface area (TPSA) is 29.5 Å². The van der Waals surface area contributed by atoms with E-state index in [2.05, 4.69) is 36.4 Å². The van der Waals surface area contributed by atoms with Gasteiger partial charge in [-0.1, -0.05) is 42.5 Å². The molecule has 1 aliphatic rings. The summed E-state index contributed by atoms with van der Waals surface area (Å²) < 4.78 is 5.18. The van der Waals surface area contributed by atoms with Crippen LogP contribution in [0, 0.1) is 5.92 Å². The zero-order valence-corrected chi connectivity index (χ0v) is 11.0. The Bertz CT molecular complexity index is 533. The minimum absolute atomic E-state index is 0.246. The van der Waals surface area contributed by atoms with Gasteiger partial charge in [-0.3, -0.25) is 0 Å². The van der Waals surface area contributed by atoms with Gasteiger partial charge in [0.25, 0.3) is 0 Å². The van der Waals surface area contributed by atoms with Crippen molar-refractivity contribution in [2.24, 2.45) is 5.92 Å². The van der Waals surface area contributed by atoms with Crippen molar-refractivity contribution in [3.05, 3.63) is 65.7 Å². The second-order valence-corrected chi connectivity index (χ2v) is 5.08. The highest BCUT2D eigenvalue weighted by atomic mass is 16.5. The van der Waals surface area contributed by atoms with Gasteiger partial charge in [-0.25, -0.2) is 0 Å². The Morgan fingerprint density at radius 3 is 2.00 bits per heavy atom. The maximum Gasteiger partial charge on any atom is 0.118 e. The third-order valence-electron chi connectivity index (χ3n) is 4.06. The molecule has 2 aromatic rings. The Morgan fingerprint density at radius 1 is 0.895 bits per heavy atom. The average Bonchev–Trinajstić information content (AvgIpc) is 3.22. The fraction of sp³-hybridized carbons (Fsp3) is 0.294. The maximum atomic E-state index is 9.55. The molecule has 0 aliphatic heterocycles. The van der Waals surface area contributed by atoms with Gasteiger partial charge in [-0.05, 0) is 41.0 Å². The number of ether oxygens (including phenoxy) is 1. The molecule has 0 unspecified atom stereocenters. The summed E-state index contributed by atoms with van der Waals surface area (Å²) in [7, 11) is 1.68. The second kappa shape index (κ2) is 5.06. The number of rotatable bonds is 4. The van der Waals surface area contributed by atoms with Gasteiger partial charge < -0.3 is 9.84 Å². The van der Waals surface area contributed by atoms with E-state index >= 15 is 0 Å². The van der Waals surface area contributed by atoms with Crippen LogP contribution in [-0.4, -0.2) is 18.8 Å². The molecular weight excluding hydrogens is 236 g/mol. The lowest BCUT2D eigenvalue weighted by Crippen LogP contribution is -1.89. The van der Waals surface area contributed by atoms with Crippen LogP contribution in [0.2, 0.25) is 0 Å². The van der Waals surface area contributed by atoms with Crippen LogP contribution in [-0.2, 0) is 0 Å². The Labute approximate surface area is 113 Å². The van der Waals surface area contributed by atoms with Crippen molar-refractivity contribution < 1.29 is 9.84 Å². The van der Waals surface area contributed by atoms with Crippen LogP contribution in [0.3, 0.4) is 0 Å². The van der Waals surface area contributed by atoms with E-state index in [4.69, 9.17) is 4.74 Å². The standard InChI is InChI=1S/C17H18O2/c1-19-14-9-7-13(8-10-14)17-15(11-18)16(17)12-5-3-2-4-6-12/h2-10,15-18H,11H2,1H3/t15-,16+,17+/m0/s1. The molecule has 0 spiro atoms. The molecule has 1 N–H and O–H groups in total. The molecule has 1 fully saturated rings. The molecule has 19 heavy (non-hydrogen) atoms. The lowest BCUT2D eigenvalue weighted by atomic mass is 10.0. The summed E-state index contributed by atoms with van der Waals surface area (Å²) in [6.07, 6.45) is 0. The predicted molar refractivity (Wildman–Crippen MR) is 75.5 cm³/mol. The van der Waals surface area contributed by atoms with E-state index in [1.807, 2.05) is 18.2 Å². The Morgan fingerprint density at radius 2 is 1.47 bits per heavy atom. The van der Waals surface area contributed by atoms with Gasteiger partial charge in [0, 0.05) is 6.61 Å². The molecule has 98 valence electrons. The van der Waals surface area contributed by atoms with Crippen LogP contribution in [0.5, 0.6) is 5.75 Å². The lowest BCUT2D eigenvalue weighted by molar-refractivity contribution is 0.271. The number of hydrogen-bond acceptors (Lipinski definition) is 2. The molecule has 1 saturated carbocycles. The van der Waals surface area contributed by atoms with Gasteiger partial charge in [-0.15, -0.1) is 0 Å². The lowest BCUT2D eigenvalue weighted by Gasteiger charge is -2.03. The number of hydrogen-bond donors (Lipinski definition) is 1. The van der Waals surface area contributed by atoms with E-state index in [0.29, 0.717) is 17.8 Å². The summed E-state index contributed by atoms with van der Waals surface area (Å²) >= 11 is 0. The molecule has 3 atom stereocenters. The summed E-state index contributed by atoms with van der Waals surface area (Å²) in [4.78, 5) is 0. The van der Waals surface area contributed by atoms with Crippen molar-refractivity contribution >= 4 is 0 Å². The normalized spacial score (nSPS) is 25.1. The number of benzene rings is 2. The van der Waals surface area contributed by atoms with Crippen molar-refractivity contribution in [1.82, 2.24) is 0 Å². The number of methoxy groups -OCH3 is 1. The highest BCUT2D eigenvalue weighted by Gasteiger charge is 2.50. The van der Waals surface area contributed by atoms with Crippen molar-refractivity contribution in [1.29, 1.82) is 0 Å². The van der Waals surface area contributed by atoms with Gasteiger partial charge in [0.1, 0.15) is 5.75 Å². The summed E-state index contributed by atoms with van der Waals surface area (Å²) in [5.41, 5.74) is 2.61. The molecule has 0 heterocycles. The molecule has 0 saturated heterocycles. The molecule has 0 aromatic heterocycles. The summed E-state index contributed by atoms with van der Waals surface area (Å²) in [5.74, 6) is 2.09. The minimum atomic E-state index is 0.246. The van der Waals surface area contributed by atoms with Crippen molar-refractivity contribution in [3.63, 3.8) is 0 Å². The molecule has 0 radical (unpaired) electrons.